The molecular formula is C15H12N2O2. The largest absolute Gasteiger partial charge is 0.453 e. The minimum absolute atomic E-state index is 0.168. The zero-order chi connectivity index (χ0) is 13.2. The van der Waals surface area contributed by atoms with E-state index >= 15 is 0 Å². The summed E-state index contributed by atoms with van der Waals surface area (Å²) in [7, 11) is 0. The molecule has 0 saturated heterocycles. The number of nitrogens with one attached hydrogen (secondary N) is 1. The number of hydrogen-bond donors (Lipinski definition) is 1. The molecule has 0 unspecified atom stereocenters. The fourth-order valence-electron chi connectivity index (χ4n) is 1.88. The van der Waals surface area contributed by atoms with Gasteiger partial charge in [-0.2, -0.15) is 0 Å². The van der Waals surface area contributed by atoms with Crippen molar-refractivity contribution in [1.29, 1.82) is 0 Å². The molecule has 0 radical (unpaired) electrons. The lowest BCUT2D eigenvalue weighted by Gasteiger charge is -1.89. The molecule has 0 atom stereocenters. The van der Waals surface area contributed by atoms with Crippen molar-refractivity contribution >= 4 is 22.8 Å². The smallest absolute Gasteiger partial charge is 0.221 e. The van der Waals surface area contributed by atoms with Crippen LogP contribution in [0.1, 0.15) is 21.9 Å². The molecule has 0 amide bonds. The molecule has 4 heteroatoms. The van der Waals surface area contributed by atoms with Crippen LogP contribution in [0, 0.1) is 6.92 Å². The number of aromatic amines is 1. The van der Waals surface area contributed by atoms with Gasteiger partial charge in [0.2, 0.25) is 5.78 Å². The second-order valence-electron chi connectivity index (χ2n) is 4.26. The van der Waals surface area contributed by atoms with Gasteiger partial charge < -0.3 is 9.40 Å². The van der Waals surface area contributed by atoms with E-state index in [1.54, 1.807) is 18.5 Å². The average Bonchev–Trinajstić information content (AvgIpc) is 3.01. The number of para-hydroxylation sites is 1. The third-order valence-corrected chi connectivity index (χ3v) is 2.93. The number of hydrogen-bond acceptors (Lipinski definition) is 3. The number of nitrogens with zero attached hydrogens (tertiary/aromatic N) is 1. The number of benzene rings is 1. The summed E-state index contributed by atoms with van der Waals surface area (Å²) in [6, 6.07) is 9.29. The van der Waals surface area contributed by atoms with Crippen molar-refractivity contribution in [1.82, 2.24) is 9.97 Å². The zero-order valence-corrected chi connectivity index (χ0v) is 10.4. The van der Waals surface area contributed by atoms with E-state index in [0.717, 1.165) is 22.4 Å². The van der Waals surface area contributed by atoms with E-state index < -0.39 is 0 Å². The summed E-state index contributed by atoms with van der Waals surface area (Å²) >= 11 is 0. The van der Waals surface area contributed by atoms with Gasteiger partial charge in [-0.15, -0.1) is 0 Å². The third-order valence-electron chi connectivity index (χ3n) is 2.93. The highest BCUT2D eigenvalue weighted by atomic mass is 16.3. The van der Waals surface area contributed by atoms with E-state index in [0.29, 0.717) is 5.76 Å². The number of carbonyl (C=O) groups excluding carboxylic acids is 1. The van der Waals surface area contributed by atoms with Crippen LogP contribution in [0.5, 0.6) is 0 Å². The van der Waals surface area contributed by atoms with Gasteiger partial charge in [-0.25, -0.2) is 4.98 Å². The molecule has 94 valence electrons. The number of rotatable bonds is 3. The molecule has 0 fully saturated rings. The molecule has 19 heavy (non-hydrogen) atoms. The van der Waals surface area contributed by atoms with Gasteiger partial charge in [-0.1, -0.05) is 18.2 Å². The van der Waals surface area contributed by atoms with Gasteiger partial charge in [0, 0.05) is 11.1 Å². The van der Waals surface area contributed by atoms with Crippen molar-refractivity contribution < 1.29 is 9.21 Å². The van der Waals surface area contributed by atoms with E-state index in [1.807, 2.05) is 31.2 Å². The first-order valence-corrected chi connectivity index (χ1v) is 5.95. The van der Waals surface area contributed by atoms with Crippen LogP contribution in [0.3, 0.4) is 0 Å². The Balaban J connectivity index is 1.88. The SMILES string of the molecule is Cc1[nH]cnc1C=CC(=O)c1cc2ccccc2o1. The number of furan rings is 1. The van der Waals surface area contributed by atoms with Gasteiger partial charge in [0.25, 0.3) is 0 Å². The van der Waals surface area contributed by atoms with Crippen molar-refractivity contribution in [3.05, 3.63) is 59.9 Å². The zero-order valence-electron chi connectivity index (χ0n) is 10.4. The van der Waals surface area contributed by atoms with Crippen molar-refractivity contribution in [2.75, 3.05) is 0 Å². The number of carbonyl (C=O) groups is 1. The van der Waals surface area contributed by atoms with Crippen LogP contribution in [0.2, 0.25) is 0 Å². The molecule has 0 aliphatic rings. The summed E-state index contributed by atoms with van der Waals surface area (Å²) in [5.74, 6) is 0.171. The molecule has 2 aromatic heterocycles. The van der Waals surface area contributed by atoms with Gasteiger partial charge in [0.05, 0.1) is 12.0 Å². The third kappa shape index (κ3) is 2.20. The minimum atomic E-state index is -0.168. The van der Waals surface area contributed by atoms with E-state index in [9.17, 15) is 4.79 Å². The monoisotopic (exact) mass is 252 g/mol. The first kappa shape index (κ1) is 11.5. The number of aromatic nitrogens is 2. The van der Waals surface area contributed by atoms with Crippen molar-refractivity contribution in [3.8, 4) is 0 Å². The Labute approximate surface area is 109 Å². The molecule has 0 aliphatic heterocycles. The maximum atomic E-state index is 12.0. The van der Waals surface area contributed by atoms with E-state index in [1.165, 1.54) is 6.08 Å². The van der Waals surface area contributed by atoms with Crippen LogP contribution >= 0.6 is 0 Å². The predicted octanol–water partition coefficient (Wildman–Crippen LogP) is 3.36. The lowest BCUT2D eigenvalue weighted by Crippen LogP contribution is -1.90. The minimum Gasteiger partial charge on any atom is -0.453 e. The number of allylic oxidation sites excluding steroid dienone is 1. The summed E-state index contributed by atoms with van der Waals surface area (Å²) in [5.41, 5.74) is 2.40. The van der Waals surface area contributed by atoms with Gasteiger partial charge >= 0.3 is 0 Å². The van der Waals surface area contributed by atoms with Gasteiger partial charge in [0.1, 0.15) is 5.58 Å². The molecule has 1 N–H and O–H groups in total. The van der Waals surface area contributed by atoms with E-state index in [2.05, 4.69) is 9.97 Å². The van der Waals surface area contributed by atoms with Gasteiger partial charge in [-0.05, 0) is 31.2 Å². The molecule has 1 aromatic carbocycles. The Morgan fingerprint density at radius 3 is 2.95 bits per heavy atom. The Hall–Kier alpha value is -2.62. The predicted molar refractivity (Wildman–Crippen MR) is 72.9 cm³/mol. The van der Waals surface area contributed by atoms with Crippen molar-refractivity contribution in [3.63, 3.8) is 0 Å². The number of ketones is 1. The lowest BCUT2D eigenvalue weighted by atomic mass is 10.2. The number of imidazole rings is 1. The Morgan fingerprint density at radius 2 is 2.21 bits per heavy atom. The summed E-state index contributed by atoms with van der Waals surface area (Å²) in [4.78, 5) is 19.1. The number of aryl methyl sites for hydroxylation is 1. The molecule has 3 aromatic rings. The van der Waals surface area contributed by atoms with Crippen LogP contribution in [0.15, 0.2) is 47.2 Å². The van der Waals surface area contributed by atoms with E-state index in [-0.39, 0.29) is 5.78 Å². The van der Waals surface area contributed by atoms with Crippen molar-refractivity contribution in [2.45, 2.75) is 6.92 Å². The normalized spacial score (nSPS) is 11.4. The highest BCUT2D eigenvalue weighted by molar-refractivity contribution is 6.06. The van der Waals surface area contributed by atoms with E-state index in [4.69, 9.17) is 4.42 Å². The first-order valence-electron chi connectivity index (χ1n) is 5.95. The average molecular weight is 252 g/mol. The van der Waals surface area contributed by atoms with Crippen LogP contribution in [-0.2, 0) is 0 Å². The van der Waals surface area contributed by atoms with Crippen LogP contribution < -0.4 is 0 Å². The maximum Gasteiger partial charge on any atom is 0.221 e. The highest BCUT2D eigenvalue weighted by Crippen LogP contribution is 2.19. The Morgan fingerprint density at radius 1 is 1.37 bits per heavy atom. The summed E-state index contributed by atoms with van der Waals surface area (Å²) in [5, 5.41) is 0.926. The molecule has 0 aliphatic carbocycles. The number of fused-ring (bicyclic) bond motifs is 1. The highest BCUT2D eigenvalue weighted by Gasteiger charge is 2.09. The first-order chi connectivity index (χ1) is 9.24. The molecule has 4 nitrogen and oxygen atoms in total. The van der Waals surface area contributed by atoms with Gasteiger partial charge in [-0.3, -0.25) is 4.79 Å². The summed E-state index contributed by atoms with van der Waals surface area (Å²) < 4.78 is 5.50. The Kier molecular flexibility index (Phi) is 2.76. The summed E-state index contributed by atoms with van der Waals surface area (Å²) in [6.07, 6.45) is 4.75. The van der Waals surface area contributed by atoms with Crippen molar-refractivity contribution in [2.24, 2.45) is 0 Å². The Bertz CT molecular complexity index is 732. The fraction of sp³-hybridized carbons (Fsp3) is 0.0667. The second kappa shape index (κ2) is 4.57. The quantitative estimate of drug-likeness (QED) is 0.574. The second-order valence-corrected chi connectivity index (χ2v) is 4.26. The molecule has 0 bridgehead atoms. The topological polar surface area (TPSA) is 58.9 Å². The molecule has 2 heterocycles. The fourth-order valence-corrected chi connectivity index (χ4v) is 1.88. The van der Waals surface area contributed by atoms with Crippen LogP contribution in [0.4, 0.5) is 0 Å². The molecule has 0 spiro atoms. The lowest BCUT2D eigenvalue weighted by molar-refractivity contribution is 0.102. The number of H-pyrrole nitrogens is 1. The molecule has 0 saturated carbocycles. The molecule has 3 rings (SSSR count). The van der Waals surface area contributed by atoms with Crippen LogP contribution in [-0.4, -0.2) is 15.8 Å². The molecular weight excluding hydrogens is 240 g/mol. The summed E-state index contributed by atoms with van der Waals surface area (Å²) in [6.45, 7) is 1.90. The van der Waals surface area contributed by atoms with Crippen LogP contribution in [0.25, 0.3) is 17.0 Å². The standard InChI is InChI=1S/C15H12N2O2/c1-10-12(17-9-16-10)6-7-13(18)15-8-11-4-2-3-5-14(11)19-15/h2-9H,1H3,(H,16,17). The maximum absolute atomic E-state index is 12.0. The van der Waals surface area contributed by atoms with Gasteiger partial charge in [0.15, 0.2) is 5.76 Å².